The Hall–Kier alpha value is -0.440. The van der Waals surface area contributed by atoms with Gasteiger partial charge in [-0.1, -0.05) is 30.3 Å². The number of hydrogen-bond acceptors (Lipinski definition) is 2. The third-order valence-electron chi connectivity index (χ3n) is 2.35. The van der Waals surface area contributed by atoms with Crippen molar-refractivity contribution in [2.45, 2.75) is 12.8 Å². The van der Waals surface area contributed by atoms with Crippen LogP contribution in [0.5, 0.6) is 0 Å². The van der Waals surface area contributed by atoms with Crippen LogP contribution >= 0.6 is 45.2 Å². The molecule has 17 heavy (non-hydrogen) atoms. The van der Waals surface area contributed by atoms with Gasteiger partial charge >= 0.3 is 0 Å². The minimum absolute atomic E-state index is 0.0367. The molecule has 0 atom stereocenters. The molecule has 0 bridgehead atoms. The van der Waals surface area contributed by atoms with Crippen molar-refractivity contribution in [3.63, 3.8) is 0 Å². The van der Waals surface area contributed by atoms with Gasteiger partial charge in [0.15, 0.2) is 0 Å². The molecule has 3 nitrogen and oxygen atoms in total. The van der Waals surface area contributed by atoms with Gasteiger partial charge in [-0.2, -0.15) is 5.10 Å². The zero-order valence-electron chi connectivity index (χ0n) is 8.94. The van der Waals surface area contributed by atoms with Gasteiger partial charge in [-0.05, 0) is 57.2 Å². The number of carbonyl (C=O) groups excluding carboxylic acids is 1. The normalized spacial score (nSPS) is 10.5. The van der Waals surface area contributed by atoms with E-state index in [1.165, 1.54) is 10.2 Å². The first-order valence-corrected chi connectivity index (χ1v) is 7.30. The lowest BCUT2D eigenvalue weighted by Crippen LogP contribution is -2.12. The van der Waals surface area contributed by atoms with Crippen LogP contribution in [0.1, 0.15) is 16.8 Å². The van der Waals surface area contributed by atoms with Crippen molar-refractivity contribution < 1.29 is 4.79 Å². The van der Waals surface area contributed by atoms with E-state index in [1.54, 1.807) is 6.20 Å². The molecular formula is C12H10I2N2O. The molecule has 0 aliphatic carbocycles. The summed E-state index contributed by atoms with van der Waals surface area (Å²) in [7, 11) is 0. The van der Waals surface area contributed by atoms with Crippen LogP contribution in [-0.4, -0.2) is 15.7 Å². The lowest BCUT2D eigenvalue weighted by Gasteiger charge is -2.00. The van der Waals surface area contributed by atoms with Crippen LogP contribution in [0.2, 0.25) is 0 Å². The van der Waals surface area contributed by atoms with E-state index in [9.17, 15) is 4.79 Å². The van der Waals surface area contributed by atoms with Crippen molar-refractivity contribution in [1.82, 2.24) is 9.78 Å². The van der Waals surface area contributed by atoms with Gasteiger partial charge in [-0.25, -0.2) is 4.68 Å². The average Bonchev–Trinajstić information content (AvgIpc) is 2.68. The molecular weight excluding hydrogens is 442 g/mol. The molecule has 1 aromatic heterocycles. The Labute approximate surface area is 127 Å². The Kier molecular flexibility index (Phi) is 4.55. The Balaban J connectivity index is 1.98. The molecule has 1 heterocycles. The Morgan fingerprint density at radius 3 is 2.53 bits per heavy atom. The van der Waals surface area contributed by atoms with E-state index < -0.39 is 0 Å². The first-order chi connectivity index (χ1) is 8.16. The van der Waals surface area contributed by atoms with Crippen LogP contribution in [0, 0.1) is 7.27 Å². The van der Waals surface area contributed by atoms with Crippen molar-refractivity contribution in [2.75, 3.05) is 0 Å². The van der Waals surface area contributed by atoms with Crippen LogP contribution in [0.3, 0.4) is 0 Å². The summed E-state index contributed by atoms with van der Waals surface area (Å²) in [5.41, 5.74) is 1.18. The summed E-state index contributed by atoms with van der Waals surface area (Å²) in [5, 5.41) is 4.17. The molecule has 0 spiro atoms. The molecule has 0 saturated heterocycles. The molecule has 0 amide bonds. The second-order valence-corrected chi connectivity index (χ2v) is 5.78. The maximum absolute atomic E-state index is 11.9. The summed E-state index contributed by atoms with van der Waals surface area (Å²) >= 11 is 4.30. The van der Waals surface area contributed by atoms with Crippen molar-refractivity contribution in [3.05, 3.63) is 49.4 Å². The number of nitrogens with zero attached hydrogens (tertiary/aromatic N) is 2. The maximum atomic E-state index is 11.9. The van der Waals surface area contributed by atoms with Crippen LogP contribution in [-0.2, 0) is 6.42 Å². The third kappa shape index (κ3) is 3.51. The number of rotatable bonds is 3. The molecule has 0 aliphatic rings. The smallest absolute Gasteiger partial charge is 0.247 e. The predicted octanol–water partition coefficient (Wildman–Crippen LogP) is 3.37. The highest BCUT2D eigenvalue weighted by Crippen LogP contribution is 2.13. The van der Waals surface area contributed by atoms with E-state index in [0.717, 1.165) is 13.7 Å². The van der Waals surface area contributed by atoms with Gasteiger partial charge in [-0.15, -0.1) is 0 Å². The molecule has 0 fully saturated rings. The molecule has 0 unspecified atom stereocenters. The van der Waals surface area contributed by atoms with E-state index in [2.05, 4.69) is 50.3 Å². The van der Waals surface area contributed by atoms with Crippen LogP contribution in [0.15, 0.2) is 36.5 Å². The van der Waals surface area contributed by atoms with Gasteiger partial charge in [0, 0.05) is 12.6 Å². The Bertz CT molecular complexity index is 503. The minimum Gasteiger partial charge on any atom is -0.273 e. The predicted molar refractivity (Wildman–Crippen MR) is 83.1 cm³/mol. The topological polar surface area (TPSA) is 34.9 Å². The van der Waals surface area contributed by atoms with Crippen molar-refractivity contribution in [3.8, 4) is 0 Å². The summed E-state index contributed by atoms with van der Waals surface area (Å²) in [5.74, 6) is 0.0367. The quantitative estimate of drug-likeness (QED) is 0.670. The Morgan fingerprint density at radius 2 is 1.94 bits per heavy atom. The SMILES string of the molecule is O=C(CCc1ccccc1)n1cc(I)c(I)n1. The molecule has 1 aromatic carbocycles. The fourth-order valence-corrected chi connectivity index (χ4v) is 2.21. The number of carbonyl (C=O) groups is 1. The van der Waals surface area contributed by atoms with Gasteiger partial charge in [0.05, 0.1) is 3.57 Å². The number of hydrogen-bond donors (Lipinski definition) is 0. The summed E-state index contributed by atoms with van der Waals surface area (Å²) < 4.78 is 3.32. The van der Waals surface area contributed by atoms with Crippen molar-refractivity contribution in [1.29, 1.82) is 0 Å². The molecule has 0 N–H and O–H groups in total. The lowest BCUT2D eigenvalue weighted by atomic mass is 10.1. The second-order valence-electron chi connectivity index (χ2n) is 3.59. The fraction of sp³-hybridized carbons (Fsp3) is 0.167. The van der Waals surface area contributed by atoms with Gasteiger partial charge in [0.25, 0.3) is 0 Å². The first-order valence-electron chi connectivity index (χ1n) is 5.14. The van der Waals surface area contributed by atoms with Gasteiger partial charge in [0.1, 0.15) is 3.70 Å². The fourth-order valence-electron chi connectivity index (χ4n) is 1.47. The molecule has 5 heteroatoms. The first kappa shape index (κ1) is 13.0. The standard InChI is InChI=1S/C12H10I2N2O/c13-10-8-16(15-12(10)14)11(17)7-6-9-4-2-1-3-5-9/h1-5,8H,6-7H2. The highest BCUT2D eigenvalue weighted by Gasteiger charge is 2.09. The number of halogens is 2. The van der Waals surface area contributed by atoms with E-state index in [0.29, 0.717) is 6.42 Å². The van der Waals surface area contributed by atoms with Crippen LogP contribution < -0.4 is 0 Å². The van der Waals surface area contributed by atoms with Crippen LogP contribution in [0.25, 0.3) is 0 Å². The zero-order valence-corrected chi connectivity index (χ0v) is 13.3. The third-order valence-corrected chi connectivity index (χ3v) is 4.97. The van der Waals surface area contributed by atoms with E-state index in [-0.39, 0.29) is 5.91 Å². The van der Waals surface area contributed by atoms with E-state index in [4.69, 9.17) is 0 Å². The summed E-state index contributed by atoms with van der Waals surface area (Å²) in [6.45, 7) is 0. The molecule has 2 rings (SSSR count). The number of benzene rings is 1. The van der Waals surface area contributed by atoms with Gasteiger partial charge < -0.3 is 0 Å². The molecule has 0 radical (unpaired) electrons. The highest BCUT2D eigenvalue weighted by atomic mass is 127. The molecule has 0 aliphatic heterocycles. The van der Waals surface area contributed by atoms with Crippen LogP contribution in [0.4, 0.5) is 0 Å². The summed E-state index contributed by atoms with van der Waals surface area (Å²) in [6.07, 6.45) is 3.01. The molecule has 2 aromatic rings. The minimum atomic E-state index is 0.0367. The van der Waals surface area contributed by atoms with Gasteiger partial charge in [-0.3, -0.25) is 4.79 Å². The van der Waals surface area contributed by atoms with Crippen molar-refractivity contribution in [2.24, 2.45) is 0 Å². The van der Waals surface area contributed by atoms with Gasteiger partial charge in [0.2, 0.25) is 5.91 Å². The lowest BCUT2D eigenvalue weighted by molar-refractivity contribution is 0.0886. The number of aryl methyl sites for hydroxylation is 1. The monoisotopic (exact) mass is 452 g/mol. The van der Waals surface area contributed by atoms with E-state index in [1.807, 2.05) is 30.3 Å². The molecule has 0 saturated carbocycles. The molecule has 88 valence electrons. The maximum Gasteiger partial charge on any atom is 0.247 e. The highest BCUT2D eigenvalue weighted by molar-refractivity contribution is 14.1. The Morgan fingerprint density at radius 1 is 1.24 bits per heavy atom. The average molecular weight is 452 g/mol. The van der Waals surface area contributed by atoms with E-state index >= 15 is 0 Å². The van der Waals surface area contributed by atoms with Crippen molar-refractivity contribution >= 4 is 51.1 Å². The second kappa shape index (κ2) is 5.94. The number of aromatic nitrogens is 2. The summed E-state index contributed by atoms with van der Waals surface area (Å²) in [4.78, 5) is 11.9. The largest absolute Gasteiger partial charge is 0.273 e. The summed E-state index contributed by atoms with van der Waals surface area (Å²) in [6, 6.07) is 10.0. The zero-order chi connectivity index (χ0) is 12.3.